The Balaban J connectivity index is 1.82. The van der Waals surface area contributed by atoms with Crippen LogP contribution in [0.15, 0.2) is 59.2 Å². The molecular weight excluding hydrogens is 388 g/mol. The lowest BCUT2D eigenvalue weighted by atomic mass is 10.1. The van der Waals surface area contributed by atoms with E-state index in [1.165, 1.54) is 18.4 Å². The summed E-state index contributed by atoms with van der Waals surface area (Å²) in [6.45, 7) is 2.26. The maximum Gasteiger partial charge on any atom is 0.264 e. The Hall–Kier alpha value is -3.32. The fourth-order valence-corrected chi connectivity index (χ4v) is 4.14. The van der Waals surface area contributed by atoms with Crippen molar-refractivity contribution in [3.8, 4) is 11.5 Å². The first-order chi connectivity index (χ1) is 14.1. The Morgan fingerprint density at radius 3 is 2.69 bits per heavy atom. The molecule has 6 nitrogen and oxygen atoms in total. The van der Waals surface area contributed by atoms with Gasteiger partial charge in [-0.1, -0.05) is 23.5 Å². The molecule has 0 fully saturated rings. The van der Waals surface area contributed by atoms with Crippen molar-refractivity contribution in [2.75, 3.05) is 19.1 Å². The van der Waals surface area contributed by atoms with Crippen LogP contribution in [-0.2, 0) is 6.54 Å². The van der Waals surface area contributed by atoms with Crippen molar-refractivity contribution in [1.29, 1.82) is 0 Å². The number of furan rings is 1. The molecule has 2 aromatic carbocycles. The van der Waals surface area contributed by atoms with E-state index in [0.717, 1.165) is 15.8 Å². The third kappa shape index (κ3) is 3.69. The fraction of sp³-hybridized carbons (Fsp3) is 0.182. The number of rotatable bonds is 6. The summed E-state index contributed by atoms with van der Waals surface area (Å²) in [7, 11) is 3.10. The normalized spacial score (nSPS) is 10.9. The molecule has 0 unspecified atom stereocenters. The van der Waals surface area contributed by atoms with Crippen molar-refractivity contribution in [3.05, 3.63) is 71.7 Å². The van der Waals surface area contributed by atoms with E-state index >= 15 is 0 Å². The van der Waals surface area contributed by atoms with Gasteiger partial charge in [-0.15, -0.1) is 0 Å². The molecule has 0 radical (unpaired) electrons. The molecule has 0 spiro atoms. The third-order valence-corrected chi connectivity index (χ3v) is 5.66. The van der Waals surface area contributed by atoms with Crippen LogP contribution in [0.4, 0.5) is 5.13 Å². The molecule has 2 aromatic heterocycles. The average Bonchev–Trinajstić information content (AvgIpc) is 3.41. The number of aryl methyl sites for hydroxylation is 1. The third-order valence-electron chi connectivity index (χ3n) is 4.62. The van der Waals surface area contributed by atoms with Crippen LogP contribution in [0.25, 0.3) is 10.2 Å². The number of hydrogen-bond donors (Lipinski definition) is 0. The monoisotopic (exact) mass is 408 g/mol. The number of amides is 1. The number of thiazole rings is 1. The number of benzene rings is 2. The highest BCUT2D eigenvalue weighted by Gasteiger charge is 2.26. The molecule has 1 amide bonds. The number of nitrogens with zero attached hydrogens (tertiary/aromatic N) is 2. The van der Waals surface area contributed by atoms with Gasteiger partial charge in [-0.05, 0) is 48.9 Å². The molecule has 0 aliphatic carbocycles. The van der Waals surface area contributed by atoms with E-state index in [2.05, 4.69) is 0 Å². The molecule has 0 saturated heterocycles. The van der Waals surface area contributed by atoms with Crippen molar-refractivity contribution in [3.63, 3.8) is 0 Å². The first kappa shape index (κ1) is 19.0. The SMILES string of the molecule is COc1ccc(OC)c(C(=O)N(Cc2ccco2)c2nc3c(C)cccc3s2)c1. The highest BCUT2D eigenvalue weighted by Crippen LogP contribution is 2.34. The van der Waals surface area contributed by atoms with Crippen LogP contribution in [0.5, 0.6) is 11.5 Å². The van der Waals surface area contributed by atoms with Gasteiger partial charge in [0.25, 0.3) is 5.91 Å². The molecule has 29 heavy (non-hydrogen) atoms. The molecule has 0 aliphatic rings. The Bertz CT molecular complexity index is 1150. The average molecular weight is 408 g/mol. The van der Waals surface area contributed by atoms with Gasteiger partial charge in [-0.3, -0.25) is 9.69 Å². The summed E-state index contributed by atoms with van der Waals surface area (Å²) in [6.07, 6.45) is 1.59. The molecule has 0 atom stereocenters. The van der Waals surface area contributed by atoms with Crippen LogP contribution >= 0.6 is 11.3 Å². The number of carbonyl (C=O) groups is 1. The fourth-order valence-electron chi connectivity index (χ4n) is 3.10. The van der Waals surface area contributed by atoms with Crippen LogP contribution in [0, 0.1) is 6.92 Å². The lowest BCUT2D eigenvalue weighted by Crippen LogP contribution is -2.30. The predicted octanol–water partition coefficient (Wildman–Crippen LogP) is 5.06. The quantitative estimate of drug-likeness (QED) is 0.446. The molecule has 4 rings (SSSR count). The summed E-state index contributed by atoms with van der Waals surface area (Å²) in [5.74, 6) is 1.47. The van der Waals surface area contributed by atoms with Crippen LogP contribution in [-0.4, -0.2) is 25.1 Å². The van der Waals surface area contributed by atoms with Crippen molar-refractivity contribution in [2.45, 2.75) is 13.5 Å². The summed E-state index contributed by atoms with van der Waals surface area (Å²) in [5.41, 5.74) is 2.35. The highest BCUT2D eigenvalue weighted by atomic mass is 32.1. The second-order valence-electron chi connectivity index (χ2n) is 6.45. The maximum absolute atomic E-state index is 13.6. The molecule has 0 bridgehead atoms. The number of methoxy groups -OCH3 is 2. The number of anilines is 1. The van der Waals surface area contributed by atoms with Crippen molar-refractivity contribution >= 4 is 32.6 Å². The second-order valence-corrected chi connectivity index (χ2v) is 7.46. The van der Waals surface area contributed by atoms with E-state index < -0.39 is 0 Å². The van der Waals surface area contributed by atoms with Gasteiger partial charge in [0.1, 0.15) is 17.3 Å². The van der Waals surface area contributed by atoms with E-state index in [-0.39, 0.29) is 12.5 Å². The zero-order valence-corrected chi connectivity index (χ0v) is 17.2. The number of hydrogen-bond acceptors (Lipinski definition) is 6. The van der Waals surface area contributed by atoms with Gasteiger partial charge >= 0.3 is 0 Å². The minimum atomic E-state index is -0.242. The first-order valence-corrected chi connectivity index (χ1v) is 9.85. The Labute approximate surface area is 172 Å². The number of carbonyl (C=O) groups excluding carboxylic acids is 1. The molecule has 0 N–H and O–H groups in total. The minimum Gasteiger partial charge on any atom is -0.497 e. The van der Waals surface area contributed by atoms with Gasteiger partial charge in [0.15, 0.2) is 5.13 Å². The predicted molar refractivity (Wildman–Crippen MR) is 113 cm³/mol. The van der Waals surface area contributed by atoms with E-state index in [9.17, 15) is 4.79 Å². The summed E-state index contributed by atoms with van der Waals surface area (Å²) in [5, 5.41) is 0.598. The summed E-state index contributed by atoms with van der Waals surface area (Å²) in [4.78, 5) is 20.0. The van der Waals surface area contributed by atoms with Crippen molar-refractivity contribution < 1.29 is 18.7 Å². The highest BCUT2D eigenvalue weighted by molar-refractivity contribution is 7.22. The van der Waals surface area contributed by atoms with Gasteiger partial charge in [0, 0.05) is 0 Å². The van der Waals surface area contributed by atoms with E-state index in [0.29, 0.717) is 28.0 Å². The zero-order valence-electron chi connectivity index (χ0n) is 16.3. The number of ether oxygens (including phenoxy) is 2. The molecule has 2 heterocycles. The molecule has 0 saturated carbocycles. The molecule has 7 heteroatoms. The van der Waals surface area contributed by atoms with E-state index in [1.807, 2.05) is 31.2 Å². The maximum atomic E-state index is 13.6. The largest absolute Gasteiger partial charge is 0.497 e. The molecular formula is C22H20N2O4S. The standard InChI is InChI=1S/C22H20N2O4S/c1-14-6-4-8-19-20(14)23-22(29-19)24(13-16-7-5-11-28-16)21(25)17-12-15(26-2)9-10-18(17)27-3/h4-12H,13H2,1-3H3. The van der Waals surface area contributed by atoms with Crippen molar-refractivity contribution in [2.24, 2.45) is 0 Å². The first-order valence-electron chi connectivity index (χ1n) is 9.03. The Kier molecular flexibility index (Phi) is 5.22. The number of para-hydroxylation sites is 1. The lowest BCUT2D eigenvalue weighted by Gasteiger charge is -2.20. The van der Waals surface area contributed by atoms with E-state index in [1.54, 1.807) is 42.5 Å². The van der Waals surface area contributed by atoms with E-state index in [4.69, 9.17) is 18.9 Å². The van der Waals surface area contributed by atoms with Crippen LogP contribution in [0.1, 0.15) is 21.7 Å². The van der Waals surface area contributed by atoms with Crippen LogP contribution in [0.2, 0.25) is 0 Å². The summed E-state index contributed by atoms with van der Waals surface area (Å²) in [6, 6.07) is 14.8. The topological polar surface area (TPSA) is 64.8 Å². The van der Waals surface area contributed by atoms with Gasteiger partial charge in [0.2, 0.25) is 0 Å². The minimum absolute atomic E-state index is 0.242. The molecule has 4 aromatic rings. The van der Waals surface area contributed by atoms with Gasteiger partial charge < -0.3 is 13.9 Å². The van der Waals surface area contributed by atoms with Gasteiger partial charge in [-0.25, -0.2) is 4.98 Å². The van der Waals surface area contributed by atoms with Crippen molar-refractivity contribution in [1.82, 2.24) is 4.98 Å². The summed E-state index contributed by atoms with van der Waals surface area (Å²) < 4.78 is 17.2. The number of fused-ring (bicyclic) bond motifs is 1. The Morgan fingerprint density at radius 1 is 1.14 bits per heavy atom. The Morgan fingerprint density at radius 2 is 2.00 bits per heavy atom. The van der Waals surface area contributed by atoms with Crippen LogP contribution in [0.3, 0.4) is 0 Å². The molecule has 0 aliphatic heterocycles. The number of aromatic nitrogens is 1. The van der Waals surface area contributed by atoms with Crippen LogP contribution < -0.4 is 14.4 Å². The molecule has 148 valence electrons. The summed E-state index contributed by atoms with van der Waals surface area (Å²) >= 11 is 1.47. The second kappa shape index (κ2) is 7.97. The van der Waals surface area contributed by atoms with Gasteiger partial charge in [-0.2, -0.15) is 0 Å². The smallest absolute Gasteiger partial charge is 0.264 e. The zero-order chi connectivity index (χ0) is 20.4. The van der Waals surface area contributed by atoms with Gasteiger partial charge in [0.05, 0.1) is 42.8 Å². The lowest BCUT2D eigenvalue weighted by molar-refractivity contribution is 0.0980.